The van der Waals surface area contributed by atoms with Crippen LogP contribution in [0.5, 0.6) is 0 Å². The molecule has 18 heavy (non-hydrogen) atoms. The average Bonchev–Trinajstić information content (AvgIpc) is 2.68. The lowest BCUT2D eigenvalue weighted by atomic mass is 9.79. The van der Waals surface area contributed by atoms with Gasteiger partial charge >= 0.3 is 0 Å². The van der Waals surface area contributed by atoms with Crippen LogP contribution < -0.4 is 5.73 Å². The Kier molecular flexibility index (Phi) is 3.61. The summed E-state index contributed by atoms with van der Waals surface area (Å²) in [6, 6.07) is 0.148. The van der Waals surface area contributed by atoms with Crippen LogP contribution in [0.15, 0.2) is 0 Å². The number of hydrogen-bond acceptors (Lipinski definition) is 3. The Morgan fingerprint density at radius 2 is 2.17 bits per heavy atom. The summed E-state index contributed by atoms with van der Waals surface area (Å²) < 4.78 is 0. The number of likely N-dealkylation sites (tertiary alicyclic amines) is 2. The second-order valence-electron chi connectivity index (χ2n) is 6.12. The van der Waals surface area contributed by atoms with Gasteiger partial charge in [0.2, 0.25) is 11.8 Å². The fourth-order valence-electron chi connectivity index (χ4n) is 2.72. The number of piperidine rings is 1. The third kappa shape index (κ3) is 2.66. The number of nitrogens with zero attached hydrogens (tertiary/aromatic N) is 2. The molecule has 0 aromatic rings. The highest BCUT2D eigenvalue weighted by Crippen LogP contribution is 2.27. The van der Waals surface area contributed by atoms with Gasteiger partial charge in [0.1, 0.15) is 0 Å². The molecular formula is C13H23N3O2. The van der Waals surface area contributed by atoms with Crippen molar-refractivity contribution in [2.75, 3.05) is 26.2 Å². The molecule has 0 aromatic heterocycles. The highest BCUT2D eigenvalue weighted by atomic mass is 16.2. The maximum Gasteiger partial charge on any atom is 0.242 e. The lowest BCUT2D eigenvalue weighted by Crippen LogP contribution is -2.55. The van der Waals surface area contributed by atoms with Crippen LogP contribution in [0.25, 0.3) is 0 Å². The second-order valence-corrected chi connectivity index (χ2v) is 6.12. The zero-order chi connectivity index (χ0) is 13.3. The van der Waals surface area contributed by atoms with Crippen LogP contribution in [0.4, 0.5) is 0 Å². The zero-order valence-corrected chi connectivity index (χ0v) is 11.3. The first-order chi connectivity index (χ1) is 8.40. The lowest BCUT2D eigenvalue weighted by Gasteiger charge is -2.43. The minimum Gasteiger partial charge on any atom is -0.341 e. The molecule has 0 bridgehead atoms. The van der Waals surface area contributed by atoms with Crippen molar-refractivity contribution in [2.45, 2.75) is 39.2 Å². The molecule has 2 rings (SSSR count). The van der Waals surface area contributed by atoms with Crippen LogP contribution in [-0.2, 0) is 9.59 Å². The van der Waals surface area contributed by atoms with Crippen LogP contribution in [0.2, 0.25) is 0 Å². The van der Waals surface area contributed by atoms with Gasteiger partial charge in [-0.05, 0) is 18.3 Å². The van der Waals surface area contributed by atoms with E-state index in [1.165, 1.54) is 0 Å². The number of amides is 2. The monoisotopic (exact) mass is 253 g/mol. The lowest BCUT2D eigenvalue weighted by molar-refractivity contribution is -0.140. The van der Waals surface area contributed by atoms with E-state index in [4.69, 9.17) is 5.73 Å². The summed E-state index contributed by atoms with van der Waals surface area (Å²) in [7, 11) is 0. The third-order valence-corrected chi connectivity index (χ3v) is 4.16. The van der Waals surface area contributed by atoms with Crippen molar-refractivity contribution < 1.29 is 9.59 Å². The van der Waals surface area contributed by atoms with E-state index in [9.17, 15) is 9.59 Å². The van der Waals surface area contributed by atoms with Crippen LogP contribution >= 0.6 is 0 Å². The Morgan fingerprint density at radius 3 is 2.72 bits per heavy atom. The molecule has 0 saturated carbocycles. The summed E-state index contributed by atoms with van der Waals surface area (Å²) in [6.07, 6.45) is 2.30. The molecule has 5 nitrogen and oxygen atoms in total. The Bertz CT molecular complexity index is 354. The van der Waals surface area contributed by atoms with Crippen LogP contribution in [-0.4, -0.2) is 53.8 Å². The quantitative estimate of drug-likeness (QED) is 0.764. The van der Waals surface area contributed by atoms with Gasteiger partial charge in [0.15, 0.2) is 0 Å². The fourth-order valence-corrected chi connectivity index (χ4v) is 2.72. The highest BCUT2D eigenvalue weighted by molar-refractivity contribution is 5.86. The molecule has 0 aromatic carbocycles. The maximum absolute atomic E-state index is 12.2. The van der Waals surface area contributed by atoms with E-state index in [2.05, 4.69) is 13.8 Å². The van der Waals surface area contributed by atoms with Gasteiger partial charge in [0, 0.05) is 32.1 Å². The molecule has 2 amide bonds. The van der Waals surface area contributed by atoms with E-state index in [0.717, 1.165) is 19.4 Å². The van der Waals surface area contributed by atoms with Gasteiger partial charge in [-0.3, -0.25) is 9.59 Å². The Labute approximate surface area is 108 Å². The van der Waals surface area contributed by atoms with Gasteiger partial charge in [-0.2, -0.15) is 0 Å². The largest absolute Gasteiger partial charge is 0.341 e. The molecule has 0 radical (unpaired) electrons. The molecule has 2 aliphatic rings. The summed E-state index contributed by atoms with van der Waals surface area (Å²) in [5.41, 5.74) is 6.02. The normalized spacial score (nSPS) is 27.7. The van der Waals surface area contributed by atoms with E-state index in [-0.39, 0.29) is 29.8 Å². The first-order valence-corrected chi connectivity index (χ1v) is 6.71. The van der Waals surface area contributed by atoms with Crippen molar-refractivity contribution in [3.63, 3.8) is 0 Å². The molecule has 2 aliphatic heterocycles. The van der Waals surface area contributed by atoms with E-state index in [1.807, 2.05) is 4.90 Å². The fraction of sp³-hybridized carbons (Fsp3) is 0.846. The van der Waals surface area contributed by atoms with Gasteiger partial charge in [0.25, 0.3) is 0 Å². The Hall–Kier alpha value is -1.10. The molecule has 2 fully saturated rings. The summed E-state index contributed by atoms with van der Waals surface area (Å²) in [6.45, 7) is 6.56. The molecule has 1 unspecified atom stereocenters. The molecular weight excluding hydrogens is 230 g/mol. The summed E-state index contributed by atoms with van der Waals surface area (Å²) in [5.74, 6) is 0.168. The van der Waals surface area contributed by atoms with Gasteiger partial charge in [0.05, 0.1) is 6.54 Å². The highest BCUT2D eigenvalue weighted by Gasteiger charge is 2.36. The molecule has 2 saturated heterocycles. The summed E-state index contributed by atoms with van der Waals surface area (Å²) in [5, 5.41) is 0. The Balaban J connectivity index is 1.91. The first-order valence-electron chi connectivity index (χ1n) is 6.71. The summed E-state index contributed by atoms with van der Waals surface area (Å²) >= 11 is 0. The van der Waals surface area contributed by atoms with E-state index >= 15 is 0 Å². The van der Waals surface area contributed by atoms with Gasteiger partial charge in [-0.25, -0.2) is 0 Å². The summed E-state index contributed by atoms with van der Waals surface area (Å²) in [4.78, 5) is 27.2. The first kappa shape index (κ1) is 13.3. The molecule has 1 atom stereocenters. The average molecular weight is 253 g/mol. The predicted molar refractivity (Wildman–Crippen MR) is 68.8 cm³/mol. The molecule has 2 N–H and O–H groups in total. The van der Waals surface area contributed by atoms with Crippen molar-refractivity contribution in [2.24, 2.45) is 11.1 Å². The van der Waals surface area contributed by atoms with E-state index < -0.39 is 0 Å². The van der Waals surface area contributed by atoms with Crippen LogP contribution in [0.3, 0.4) is 0 Å². The standard InChI is InChI=1S/C13H23N3O2/c1-13(2)9-16(7-5-10(13)14)12(18)8-15-6-3-4-11(15)17/h10H,3-9,14H2,1-2H3. The van der Waals surface area contributed by atoms with Crippen molar-refractivity contribution in [1.82, 2.24) is 9.80 Å². The van der Waals surface area contributed by atoms with Crippen LogP contribution in [0, 0.1) is 5.41 Å². The minimum absolute atomic E-state index is 0.0388. The number of nitrogens with two attached hydrogens (primary N) is 1. The minimum atomic E-state index is -0.0388. The van der Waals surface area contributed by atoms with Crippen molar-refractivity contribution in [3.8, 4) is 0 Å². The number of hydrogen-bond donors (Lipinski definition) is 1. The Morgan fingerprint density at radius 1 is 1.44 bits per heavy atom. The number of carbonyl (C=O) groups is 2. The maximum atomic E-state index is 12.2. The number of carbonyl (C=O) groups excluding carboxylic acids is 2. The zero-order valence-electron chi connectivity index (χ0n) is 11.3. The van der Waals surface area contributed by atoms with Crippen LogP contribution in [0.1, 0.15) is 33.1 Å². The smallest absolute Gasteiger partial charge is 0.242 e. The molecule has 5 heteroatoms. The topological polar surface area (TPSA) is 66.6 Å². The molecule has 0 aliphatic carbocycles. The van der Waals surface area contributed by atoms with Crippen molar-refractivity contribution >= 4 is 11.8 Å². The van der Waals surface area contributed by atoms with Gasteiger partial charge in [-0.1, -0.05) is 13.8 Å². The number of rotatable bonds is 2. The third-order valence-electron chi connectivity index (χ3n) is 4.16. The van der Waals surface area contributed by atoms with E-state index in [0.29, 0.717) is 19.5 Å². The predicted octanol–water partition coefficient (Wildman–Crippen LogP) is 0.195. The van der Waals surface area contributed by atoms with Gasteiger partial charge in [-0.15, -0.1) is 0 Å². The van der Waals surface area contributed by atoms with E-state index in [1.54, 1.807) is 4.90 Å². The SMILES string of the molecule is CC1(C)CN(C(=O)CN2CCCC2=O)CCC1N. The molecule has 2 heterocycles. The molecule has 0 spiro atoms. The molecule has 102 valence electrons. The van der Waals surface area contributed by atoms with Crippen molar-refractivity contribution in [3.05, 3.63) is 0 Å². The van der Waals surface area contributed by atoms with Gasteiger partial charge < -0.3 is 15.5 Å². The second kappa shape index (κ2) is 4.88. The van der Waals surface area contributed by atoms with Crippen molar-refractivity contribution in [1.29, 1.82) is 0 Å².